The Bertz CT molecular complexity index is 982. The van der Waals surface area contributed by atoms with E-state index in [9.17, 15) is 4.79 Å². The number of benzene rings is 1. The van der Waals surface area contributed by atoms with Gasteiger partial charge in [0.05, 0.1) is 11.3 Å². The van der Waals surface area contributed by atoms with Gasteiger partial charge in [-0.05, 0) is 22.9 Å². The molecular weight excluding hydrogens is 378 g/mol. The van der Waals surface area contributed by atoms with Crippen molar-refractivity contribution in [3.05, 3.63) is 46.8 Å². The summed E-state index contributed by atoms with van der Waals surface area (Å²) in [5, 5.41) is 23.2. The monoisotopic (exact) mass is 397 g/mol. The molecule has 6 nitrogen and oxygen atoms in total. The van der Waals surface area contributed by atoms with Crippen LogP contribution in [0.5, 0.6) is 0 Å². The summed E-state index contributed by atoms with van der Waals surface area (Å²) in [5.41, 5.74) is 2.74. The summed E-state index contributed by atoms with van der Waals surface area (Å²) in [6.07, 6.45) is 0. The number of carbonyl (C=O) groups is 1. The minimum atomic E-state index is -0.176. The number of nitrogens with zero attached hydrogens (tertiary/aromatic N) is 4. The quantitative estimate of drug-likeness (QED) is 0.628. The lowest BCUT2D eigenvalue weighted by Gasteiger charge is -2.07. The maximum atomic E-state index is 12.1. The lowest BCUT2D eigenvalue weighted by molar-refractivity contribution is -0.113. The summed E-state index contributed by atoms with van der Waals surface area (Å²) in [6, 6.07) is 12.0. The van der Waals surface area contributed by atoms with Crippen LogP contribution in [0, 0.1) is 11.3 Å². The van der Waals surface area contributed by atoms with Gasteiger partial charge in [0.25, 0.3) is 0 Å². The summed E-state index contributed by atoms with van der Waals surface area (Å²) in [7, 11) is 1.89. The minimum Gasteiger partial charge on any atom is -0.316 e. The normalized spacial score (nSPS) is 10.8. The molecule has 0 spiro atoms. The molecule has 3 rings (SSSR count). The minimum absolute atomic E-state index is 0.176. The number of hydrogen-bond acceptors (Lipinski definition) is 6. The van der Waals surface area contributed by atoms with Crippen LogP contribution < -0.4 is 5.32 Å². The number of thiophene rings is 1. The zero-order valence-corrected chi connectivity index (χ0v) is 16.9. The Morgan fingerprint density at radius 1 is 1.30 bits per heavy atom. The van der Waals surface area contributed by atoms with Crippen molar-refractivity contribution in [3.8, 4) is 17.5 Å². The standard InChI is InChI=1S/C19H19N5OS2/c1-12(2)13-4-6-14(7-5-13)17-22-23-19(24(17)3)27-11-16(25)21-18-15(10-20)8-9-26-18/h4-9,12H,11H2,1-3H3,(H,21,25). The van der Waals surface area contributed by atoms with Crippen LogP contribution in [0.1, 0.15) is 30.9 Å². The van der Waals surface area contributed by atoms with Crippen molar-refractivity contribution in [2.75, 3.05) is 11.1 Å². The van der Waals surface area contributed by atoms with Crippen molar-refractivity contribution in [2.24, 2.45) is 7.05 Å². The Hall–Kier alpha value is -2.63. The van der Waals surface area contributed by atoms with Crippen molar-refractivity contribution in [2.45, 2.75) is 24.9 Å². The average Bonchev–Trinajstić information content (AvgIpc) is 3.26. The van der Waals surface area contributed by atoms with E-state index in [4.69, 9.17) is 5.26 Å². The van der Waals surface area contributed by atoms with E-state index in [1.54, 1.807) is 11.4 Å². The van der Waals surface area contributed by atoms with Crippen LogP contribution in [0.4, 0.5) is 5.00 Å². The fraction of sp³-hybridized carbons (Fsp3) is 0.263. The van der Waals surface area contributed by atoms with Crippen LogP contribution in [-0.4, -0.2) is 26.4 Å². The zero-order chi connectivity index (χ0) is 19.4. The molecule has 0 aliphatic carbocycles. The molecule has 0 bridgehead atoms. The van der Waals surface area contributed by atoms with E-state index in [-0.39, 0.29) is 11.7 Å². The highest BCUT2D eigenvalue weighted by Crippen LogP contribution is 2.26. The third-order valence-corrected chi connectivity index (χ3v) is 5.89. The summed E-state index contributed by atoms with van der Waals surface area (Å²) >= 11 is 2.65. The second-order valence-electron chi connectivity index (χ2n) is 6.25. The van der Waals surface area contributed by atoms with Gasteiger partial charge >= 0.3 is 0 Å². The third kappa shape index (κ3) is 4.38. The highest BCUT2D eigenvalue weighted by molar-refractivity contribution is 7.99. The van der Waals surface area contributed by atoms with Gasteiger partial charge in [0, 0.05) is 12.6 Å². The second kappa shape index (κ2) is 8.37. The van der Waals surface area contributed by atoms with E-state index in [0.29, 0.717) is 21.6 Å². The first-order chi connectivity index (χ1) is 13.0. The number of aromatic nitrogens is 3. The number of thioether (sulfide) groups is 1. The van der Waals surface area contributed by atoms with Crippen LogP contribution >= 0.6 is 23.1 Å². The van der Waals surface area contributed by atoms with E-state index in [1.165, 1.54) is 28.7 Å². The molecule has 138 valence electrons. The third-order valence-electron chi connectivity index (χ3n) is 4.04. The van der Waals surface area contributed by atoms with Gasteiger partial charge in [-0.25, -0.2) is 0 Å². The highest BCUT2D eigenvalue weighted by atomic mass is 32.2. The molecule has 0 aliphatic rings. The first-order valence-electron chi connectivity index (χ1n) is 8.39. The molecule has 0 fully saturated rings. The summed E-state index contributed by atoms with van der Waals surface area (Å²) in [6.45, 7) is 4.32. The average molecular weight is 398 g/mol. The van der Waals surface area contributed by atoms with Gasteiger partial charge in [0.15, 0.2) is 11.0 Å². The first-order valence-corrected chi connectivity index (χ1v) is 10.3. The Morgan fingerprint density at radius 2 is 2.04 bits per heavy atom. The van der Waals surface area contributed by atoms with Crippen LogP contribution in [0.3, 0.4) is 0 Å². The molecule has 0 atom stereocenters. The lowest BCUT2D eigenvalue weighted by Crippen LogP contribution is -2.14. The number of hydrogen-bond donors (Lipinski definition) is 1. The largest absolute Gasteiger partial charge is 0.316 e. The van der Waals surface area contributed by atoms with Gasteiger partial charge in [-0.1, -0.05) is 49.9 Å². The van der Waals surface area contributed by atoms with Crippen LogP contribution in [-0.2, 0) is 11.8 Å². The van der Waals surface area contributed by atoms with Crippen molar-refractivity contribution < 1.29 is 4.79 Å². The molecule has 1 N–H and O–H groups in total. The molecule has 8 heteroatoms. The Morgan fingerprint density at radius 3 is 2.70 bits per heavy atom. The Balaban J connectivity index is 1.65. The molecule has 1 amide bonds. The molecular formula is C19H19N5OS2. The summed E-state index contributed by atoms with van der Waals surface area (Å²) in [5.74, 6) is 1.26. The maximum Gasteiger partial charge on any atom is 0.235 e. The number of nitrogens with one attached hydrogen (secondary N) is 1. The molecule has 1 aromatic carbocycles. The maximum absolute atomic E-state index is 12.1. The molecule has 0 saturated heterocycles. The first kappa shape index (κ1) is 19.1. The Labute approximate surface area is 166 Å². The number of rotatable bonds is 6. The molecule has 27 heavy (non-hydrogen) atoms. The van der Waals surface area contributed by atoms with Gasteiger partial charge in [-0.3, -0.25) is 4.79 Å². The molecule has 2 heterocycles. The summed E-state index contributed by atoms with van der Waals surface area (Å²) < 4.78 is 1.88. The van der Waals surface area contributed by atoms with Gasteiger partial charge in [-0.2, -0.15) is 5.26 Å². The SMILES string of the molecule is CC(C)c1ccc(-c2nnc(SCC(=O)Nc3sccc3C#N)n2C)cc1. The smallest absolute Gasteiger partial charge is 0.235 e. The zero-order valence-electron chi connectivity index (χ0n) is 15.3. The molecule has 0 radical (unpaired) electrons. The van der Waals surface area contributed by atoms with E-state index >= 15 is 0 Å². The second-order valence-corrected chi connectivity index (χ2v) is 8.11. The topological polar surface area (TPSA) is 83.6 Å². The highest BCUT2D eigenvalue weighted by Gasteiger charge is 2.14. The van der Waals surface area contributed by atoms with Gasteiger partial charge < -0.3 is 9.88 Å². The van der Waals surface area contributed by atoms with Crippen LogP contribution in [0.2, 0.25) is 0 Å². The van der Waals surface area contributed by atoms with Crippen molar-refractivity contribution in [1.82, 2.24) is 14.8 Å². The Kier molecular flexibility index (Phi) is 5.94. The molecule has 0 aliphatic heterocycles. The molecule has 2 aromatic heterocycles. The fourth-order valence-corrected chi connectivity index (χ4v) is 3.96. The fourth-order valence-electron chi connectivity index (χ4n) is 2.50. The van der Waals surface area contributed by atoms with E-state index in [1.807, 2.05) is 23.7 Å². The van der Waals surface area contributed by atoms with E-state index < -0.39 is 0 Å². The van der Waals surface area contributed by atoms with Crippen molar-refractivity contribution >= 4 is 34.0 Å². The number of nitriles is 1. The predicted octanol–water partition coefficient (Wildman–Crippen LogP) is 4.27. The van der Waals surface area contributed by atoms with E-state index in [0.717, 1.165) is 11.4 Å². The van der Waals surface area contributed by atoms with Crippen LogP contribution in [0.15, 0.2) is 40.9 Å². The van der Waals surface area contributed by atoms with Crippen molar-refractivity contribution in [1.29, 1.82) is 5.26 Å². The number of amides is 1. The van der Waals surface area contributed by atoms with Gasteiger partial charge in [0.1, 0.15) is 11.1 Å². The van der Waals surface area contributed by atoms with E-state index in [2.05, 4.69) is 47.6 Å². The molecule has 0 unspecified atom stereocenters. The number of anilines is 1. The van der Waals surface area contributed by atoms with Crippen molar-refractivity contribution in [3.63, 3.8) is 0 Å². The van der Waals surface area contributed by atoms with Gasteiger partial charge in [-0.15, -0.1) is 21.5 Å². The molecule has 3 aromatic rings. The predicted molar refractivity (Wildman–Crippen MR) is 109 cm³/mol. The van der Waals surface area contributed by atoms with Gasteiger partial charge in [0.2, 0.25) is 5.91 Å². The summed E-state index contributed by atoms with van der Waals surface area (Å²) in [4.78, 5) is 12.1. The lowest BCUT2D eigenvalue weighted by atomic mass is 10.0. The number of carbonyl (C=O) groups excluding carboxylic acids is 1. The van der Waals surface area contributed by atoms with Crippen LogP contribution in [0.25, 0.3) is 11.4 Å². The molecule has 0 saturated carbocycles.